The Morgan fingerprint density at radius 1 is 0.812 bits per heavy atom. The monoisotopic (exact) mass is 462 g/mol. The van der Waals surface area contributed by atoms with Gasteiger partial charge in [0.2, 0.25) is 0 Å². The second kappa shape index (κ2) is 10.5. The Morgan fingerprint density at radius 2 is 1.34 bits per heavy atom. The second-order valence-corrected chi connectivity index (χ2v) is 7.48. The van der Waals surface area contributed by atoms with Crippen molar-refractivity contribution in [3.8, 4) is 23.0 Å². The summed E-state index contributed by atoms with van der Waals surface area (Å²) < 4.78 is 21.4. The van der Waals surface area contributed by atoms with E-state index in [0.29, 0.717) is 71.9 Å². The van der Waals surface area contributed by atoms with Gasteiger partial charge in [0.1, 0.15) is 0 Å². The minimum atomic E-state index is -0.175. The number of piperazine rings is 1. The number of ether oxygens (including phenoxy) is 4. The molecule has 172 valence electrons. The molecule has 0 unspecified atom stereocenters. The normalized spacial score (nSPS) is 13.5. The Kier molecular flexibility index (Phi) is 7.69. The first-order valence-corrected chi connectivity index (χ1v) is 10.6. The molecule has 0 spiro atoms. The molecule has 3 rings (SSSR count). The van der Waals surface area contributed by atoms with Crippen molar-refractivity contribution in [1.29, 1.82) is 0 Å². The summed E-state index contributed by atoms with van der Waals surface area (Å²) >= 11 is 6.31. The standard InChI is InChI=1S/C23H27ClN2O6/c1-5-32-21-17(24)12-16(14-20(21)31-4)23(28)26-10-8-25(9-11-26)22(27)15-6-7-18(29-2)19(13-15)30-3/h6-7,12-14H,5,8-11H2,1-4H3. The van der Waals surface area contributed by atoms with Crippen LogP contribution in [0.15, 0.2) is 30.3 Å². The van der Waals surface area contributed by atoms with Gasteiger partial charge in [-0.05, 0) is 37.3 Å². The fourth-order valence-corrected chi connectivity index (χ4v) is 3.84. The predicted octanol–water partition coefficient (Wildman–Crippen LogP) is 3.36. The third-order valence-corrected chi connectivity index (χ3v) is 5.53. The fraction of sp³-hybridized carbons (Fsp3) is 0.391. The van der Waals surface area contributed by atoms with Crippen LogP contribution < -0.4 is 18.9 Å². The smallest absolute Gasteiger partial charge is 0.254 e. The highest BCUT2D eigenvalue weighted by Crippen LogP contribution is 2.37. The molecule has 1 heterocycles. The van der Waals surface area contributed by atoms with Gasteiger partial charge in [-0.3, -0.25) is 9.59 Å². The number of amides is 2. The summed E-state index contributed by atoms with van der Waals surface area (Å²) in [4.78, 5) is 29.4. The van der Waals surface area contributed by atoms with Crippen LogP contribution >= 0.6 is 11.6 Å². The summed E-state index contributed by atoms with van der Waals surface area (Å²) in [7, 11) is 4.57. The van der Waals surface area contributed by atoms with Crippen LogP contribution in [-0.2, 0) is 0 Å². The van der Waals surface area contributed by atoms with Crippen molar-refractivity contribution in [2.24, 2.45) is 0 Å². The lowest BCUT2D eigenvalue weighted by atomic mass is 10.1. The Bertz CT molecular complexity index is 989. The molecule has 0 aromatic heterocycles. The highest BCUT2D eigenvalue weighted by molar-refractivity contribution is 6.32. The van der Waals surface area contributed by atoms with Crippen molar-refractivity contribution >= 4 is 23.4 Å². The maximum absolute atomic E-state index is 13.0. The topological polar surface area (TPSA) is 77.5 Å². The van der Waals surface area contributed by atoms with Crippen LogP contribution in [0.2, 0.25) is 5.02 Å². The fourth-order valence-electron chi connectivity index (χ4n) is 3.57. The number of methoxy groups -OCH3 is 3. The molecule has 0 saturated carbocycles. The van der Waals surface area contributed by atoms with Gasteiger partial charge in [-0.25, -0.2) is 0 Å². The molecule has 2 amide bonds. The number of carbonyl (C=O) groups excluding carboxylic acids is 2. The van der Waals surface area contributed by atoms with Gasteiger partial charge in [0.05, 0.1) is 33.0 Å². The van der Waals surface area contributed by atoms with Crippen molar-refractivity contribution in [3.05, 3.63) is 46.5 Å². The highest BCUT2D eigenvalue weighted by atomic mass is 35.5. The molecule has 1 aliphatic rings. The van der Waals surface area contributed by atoms with E-state index in [1.165, 1.54) is 14.2 Å². The maximum atomic E-state index is 13.0. The van der Waals surface area contributed by atoms with Gasteiger partial charge >= 0.3 is 0 Å². The van der Waals surface area contributed by atoms with Gasteiger partial charge < -0.3 is 28.7 Å². The van der Waals surface area contributed by atoms with Crippen LogP contribution in [0.4, 0.5) is 0 Å². The first kappa shape index (κ1) is 23.5. The minimum Gasteiger partial charge on any atom is -0.493 e. The SMILES string of the molecule is CCOc1c(Cl)cc(C(=O)N2CCN(C(=O)c3ccc(OC)c(OC)c3)CC2)cc1OC. The van der Waals surface area contributed by atoms with Crippen molar-refractivity contribution in [2.75, 3.05) is 54.1 Å². The molecular weight excluding hydrogens is 436 g/mol. The van der Waals surface area contributed by atoms with Crippen LogP contribution in [0.25, 0.3) is 0 Å². The molecule has 0 radical (unpaired) electrons. The summed E-state index contributed by atoms with van der Waals surface area (Å²) in [6, 6.07) is 8.27. The summed E-state index contributed by atoms with van der Waals surface area (Å²) in [6.07, 6.45) is 0. The first-order chi connectivity index (χ1) is 15.4. The van der Waals surface area contributed by atoms with Gasteiger partial charge in [0, 0.05) is 37.3 Å². The lowest BCUT2D eigenvalue weighted by Gasteiger charge is -2.35. The van der Waals surface area contributed by atoms with Crippen LogP contribution in [0, 0.1) is 0 Å². The third-order valence-electron chi connectivity index (χ3n) is 5.25. The Hall–Kier alpha value is -3.13. The molecule has 32 heavy (non-hydrogen) atoms. The Labute approximate surface area is 192 Å². The largest absolute Gasteiger partial charge is 0.493 e. The quantitative estimate of drug-likeness (QED) is 0.628. The average Bonchev–Trinajstić information content (AvgIpc) is 2.83. The molecule has 0 aliphatic carbocycles. The van der Waals surface area contributed by atoms with Crippen molar-refractivity contribution < 1.29 is 28.5 Å². The summed E-state index contributed by atoms with van der Waals surface area (Å²) in [5.41, 5.74) is 0.917. The molecule has 0 N–H and O–H groups in total. The lowest BCUT2D eigenvalue weighted by molar-refractivity contribution is 0.0535. The number of carbonyl (C=O) groups is 2. The number of rotatable bonds is 7. The van der Waals surface area contributed by atoms with E-state index in [4.69, 9.17) is 30.5 Å². The van der Waals surface area contributed by atoms with Crippen LogP contribution in [0.1, 0.15) is 27.6 Å². The van der Waals surface area contributed by atoms with Gasteiger partial charge in [-0.2, -0.15) is 0 Å². The number of benzene rings is 2. The molecular formula is C23H27ClN2O6. The summed E-state index contributed by atoms with van der Waals surface area (Å²) in [5, 5.41) is 0.316. The van der Waals surface area contributed by atoms with E-state index in [1.807, 2.05) is 6.92 Å². The summed E-state index contributed by atoms with van der Waals surface area (Å²) in [5.74, 6) is 1.58. The summed E-state index contributed by atoms with van der Waals surface area (Å²) in [6.45, 7) is 3.93. The van der Waals surface area contributed by atoms with Crippen molar-refractivity contribution in [3.63, 3.8) is 0 Å². The van der Waals surface area contributed by atoms with Crippen LogP contribution in [0.5, 0.6) is 23.0 Å². The molecule has 8 nitrogen and oxygen atoms in total. The maximum Gasteiger partial charge on any atom is 0.254 e. The Morgan fingerprint density at radius 3 is 1.88 bits per heavy atom. The molecule has 1 fully saturated rings. The highest BCUT2D eigenvalue weighted by Gasteiger charge is 2.27. The predicted molar refractivity (Wildman–Crippen MR) is 121 cm³/mol. The molecule has 0 bridgehead atoms. The lowest BCUT2D eigenvalue weighted by Crippen LogP contribution is -2.50. The van der Waals surface area contributed by atoms with Crippen molar-refractivity contribution in [2.45, 2.75) is 6.92 Å². The van der Waals surface area contributed by atoms with E-state index in [0.717, 1.165) is 0 Å². The number of hydrogen-bond acceptors (Lipinski definition) is 6. The van der Waals surface area contributed by atoms with E-state index in [9.17, 15) is 9.59 Å². The van der Waals surface area contributed by atoms with E-state index in [2.05, 4.69) is 0 Å². The van der Waals surface area contributed by atoms with Crippen LogP contribution in [0.3, 0.4) is 0 Å². The average molecular weight is 463 g/mol. The molecule has 9 heteroatoms. The number of nitrogens with zero attached hydrogens (tertiary/aromatic N) is 2. The van der Waals surface area contributed by atoms with E-state index >= 15 is 0 Å². The minimum absolute atomic E-state index is 0.121. The van der Waals surface area contributed by atoms with Gasteiger partial charge in [0.25, 0.3) is 11.8 Å². The zero-order chi connectivity index (χ0) is 23.3. The second-order valence-electron chi connectivity index (χ2n) is 7.08. The third kappa shape index (κ3) is 4.85. The molecule has 0 atom stereocenters. The van der Waals surface area contributed by atoms with Crippen molar-refractivity contribution in [1.82, 2.24) is 9.80 Å². The van der Waals surface area contributed by atoms with E-state index < -0.39 is 0 Å². The zero-order valence-electron chi connectivity index (χ0n) is 18.6. The first-order valence-electron chi connectivity index (χ1n) is 10.2. The molecule has 2 aromatic carbocycles. The Balaban J connectivity index is 1.68. The number of halogens is 1. The zero-order valence-corrected chi connectivity index (χ0v) is 19.4. The van der Waals surface area contributed by atoms with E-state index in [-0.39, 0.29) is 11.8 Å². The molecule has 1 aliphatic heterocycles. The molecule has 1 saturated heterocycles. The van der Waals surface area contributed by atoms with Gasteiger partial charge in [0.15, 0.2) is 23.0 Å². The van der Waals surface area contributed by atoms with Gasteiger partial charge in [-0.15, -0.1) is 0 Å². The van der Waals surface area contributed by atoms with Crippen LogP contribution in [-0.4, -0.2) is 75.7 Å². The van der Waals surface area contributed by atoms with Gasteiger partial charge in [-0.1, -0.05) is 11.6 Å². The molecule has 2 aromatic rings. The number of hydrogen-bond donors (Lipinski definition) is 0. The van der Waals surface area contributed by atoms with E-state index in [1.54, 1.807) is 47.2 Å².